The van der Waals surface area contributed by atoms with Gasteiger partial charge in [-0.2, -0.15) is 0 Å². The van der Waals surface area contributed by atoms with E-state index in [0.717, 1.165) is 25.5 Å². The standard InChI is InChI=1S/C19H22N4S2/c1-22-8-4-9-23(11-10-22)18-16-13-5-2-6-14(13)25-19(16)21-17(20-18)15-7-3-12-24-15/h3,7,12H,2,4-6,8-11H2,1H3. The van der Waals surface area contributed by atoms with Crippen LogP contribution in [0.15, 0.2) is 17.5 Å². The summed E-state index contributed by atoms with van der Waals surface area (Å²) in [5.41, 5.74) is 1.53. The molecule has 0 N–H and O–H groups in total. The van der Waals surface area contributed by atoms with Gasteiger partial charge in [-0.3, -0.25) is 0 Å². The van der Waals surface area contributed by atoms with Crippen LogP contribution in [0.4, 0.5) is 5.82 Å². The molecule has 0 amide bonds. The number of anilines is 1. The Morgan fingerprint density at radius 2 is 2.00 bits per heavy atom. The second kappa shape index (κ2) is 6.34. The first-order chi connectivity index (χ1) is 12.3. The smallest absolute Gasteiger partial charge is 0.173 e. The Kier molecular flexibility index (Phi) is 3.99. The maximum absolute atomic E-state index is 5.10. The van der Waals surface area contributed by atoms with Gasteiger partial charge in [-0.25, -0.2) is 9.97 Å². The molecule has 6 heteroatoms. The van der Waals surface area contributed by atoms with Gasteiger partial charge in [0.2, 0.25) is 0 Å². The van der Waals surface area contributed by atoms with E-state index < -0.39 is 0 Å². The molecule has 25 heavy (non-hydrogen) atoms. The lowest BCUT2D eigenvalue weighted by Gasteiger charge is -2.23. The Hall–Kier alpha value is -1.50. The average molecular weight is 371 g/mol. The lowest BCUT2D eigenvalue weighted by atomic mass is 10.1. The molecule has 4 heterocycles. The molecule has 1 fully saturated rings. The molecule has 0 spiro atoms. The number of aromatic nitrogens is 2. The molecule has 3 aromatic heterocycles. The molecule has 1 aliphatic heterocycles. The third-order valence-corrected chi connectivity index (χ3v) is 7.36. The van der Waals surface area contributed by atoms with E-state index in [1.165, 1.54) is 58.7 Å². The number of rotatable bonds is 2. The highest BCUT2D eigenvalue weighted by molar-refractivity contribution is 7.19. The lowest BCUT2D eigenvalue weighted by molar-refractivity contribution is 0.360. The molecular formula is C19H22N4S2. The third-order valence-electron chi connectivity index (χ3n) is 5.31. The monoisotopic (exact) mass is 370 g/mol. The number of fused-ring (bicyclic) bond motifs is 3. The summed E-state index contributed by atoms with van der Waals surface area (Å²) in [5.74, 6) is 2.08. The van der Waals surface area contributed by atoms with Crippen molar-refractivity contribution in [3.63, 3.8) is 0 Å². The van der Waals surface area contributed by atoms with Crippen LogP contribution in [0, 0.1) is 0 Å². The molecule has 0 atom stereocenters. The minimum atomic E-state index is 0.898. The Balaban J connectivity index is 1.68. The molecule has 0 unspecified atom stereocenters. The first-order valence-electron chi connectivity index (χ1n) is 9.09. The summed E-state index contributed by atoms with van der Waals surface area (Å²) in [5, 5.41) is 3.46. The van der Waals surface area contributed by atoms with Crippen molar-refractivity contribution in [2.45, 2.75) is 25.7 Å². The lowest BCUT2D eigenvalue weighted by Crippen LogP contribution is -2.29. The number of likely N-dealkylation sites (N-methyl/N-ethyl adjacent to an activating group) is 1. The molecule has 130 valence electrons. The van der Waals surface area contributed by atoms with Crippen molar-refractivity contribution in [3.8, 4) is 10.7 Å². The molecule has 1 aliphatic carbocycles. The van der Waals surface area contributed by atoms with Crippen LogP contribution in [0.5, 0.6) is 0 Å². The van der Waals surface area contributed by atoms with Gasteiger partial charge in [0.25, 0.3) is 0 Å². The summed E-state index contributed by atoms with van der Waals surface area (Å²) in [7, 11) is 2.22. The van der Waals surface area contributed by atoms with Crippen molar-refractivity contribution in [1.82, 2.24) is 14.9 Å². The first kappa shape index (κ1) is 15.7. The van der Waals surface area contributed by atoms with Crippen molar-refractivity contribution >= 4 is 38.7 Å². The van der Waals surface area contributed by atoms with Crippen LogP contribution in [0.2, 0.25) is 0 Å². The van der Waals surface area contributed by atoms with Crippen molar-refractivity contribution in [1.29, 1.82) is 0 Å². The molecule has 0 aromatic carbocycles. The van der Waals surface area contributed by atoms with Gasteiger partial charge in [-0.15, -0.1) is 22.7 Å². The molecule has 4 nitrogen and oxygen atoms in total. The number of hydrogen-bond donors (Lipinski definition) is 0. The van der Waals surface area contributed by atoms with E-state index in [2.05, 4.69) is 34.4 Å². The van der Waals surface area contributed by atoms with Crippen LogP contribution in [0.25, 0.3) is 20.9 Å². The van der Waals surface area contributed by atoms with Crippen LogP contribution in [0.3, 0.4) is 0 Å². The quantitative estimate of drug-likeness (QED) is 0.681. The third kappa shape index (κ3) is 2.76. The molecular weight excluding hydrogens is 348 g/mol. The van der Waals surface area contributed by atoms with Gasteiger partial charge < -0.3 is 9.80 Å². The number of hydrogen-bond acceptors (Lipinski definition) is 6. The average Bonchev–Trinajstić information content (AvgIpc) is 3.30. The van der Waals surface area contributed by atoms with Crippen LogP contribution in [-0.4, -0.2) is 48.1 Å². The summed E-state index contributed by atoms with van der Waals surface area (Å²) in [4.78, 5) is 18.9. The van der Waals surface area contributed by atoms with Gasteiger partial charge in [-0.05, 0) is 56.3 Å². The van der Waals surface area contributed by atoms with Crippen LogP contribution in [-0.2, 0) is 12.8 Å². The van der Waals surface area contributed by atoms with Gasteiger partial charge in [0.15, 0.2) is 5.82 Å². The molecule has 0 radical (unpaired) electrons. The fourth-order valence-electron chi connectivity index (χ4n) is 3.98. The van der Waals surface area contributed by atoms with Gasteiger partial charge in [0, 0.05) is 24.5 Å². The van der Waals surface area contributed by atoms with Gasteiger partial charge in [-0.1, -0.05) is 6.07 Å². The summed E-state index contributed by atoms with van der Waals surface area (Å²) in [6, 6.07) is 4.22. The largest absolute Gasteiger partial charge is 0.355 e. The summed E-state index contributed by atoms with van der Waals surface area (Å²) in [6.45, 7) is 4.42. The molecule has 3 aromatic rings. The number of nitrogens with zero attached hydrogens (tertiary/aromatic N) is 4. The summed E-state index contributed by atoms with van der Waals surface area (Å²) in [6.07, 6.45) is 4.89. The zero-order valence-corrected chi connectivity index (χ0v) is 16.1. The molecule has 0 saturated carbocycles. The molecule has 0 bridgehead atoms. The maximum atomic E-state index is 5.10. The zero-order chi connectivity index (χ0) is 16.8. The van der Waals surface area contributed by atoms with Crippen LogP contribution >= 0.6 is 22.7 Å². The van der Waals surface area contributed by atoms with E-state index in [4.69, 9.17) is 9.97 Å². The molecule has 2 aliphatic rings. The second-order valence-electron chi connectivity index (χ2n) is 7.03. The van der Waals surface area contributed by atoms with Crippen molar-refractivity contribution in [2.75, 3.05) is 38.1 Å². The van der Waals surface area contributed by atoms with E-state index in [1.807, 2.05) is 11.3 Å². The fraction of sp³-hybridized carbons (Fsp3) is 0.474. The van der Waals surface area contributed by atoms with Gasteiger partial charge in [0.1, 0.15) is 10.6 Å². The van der Waals surface area contributed by atoms with Gasteiger partial charge >= 0.3 is 0 Å². The van der Waals surface area contributed by atoms with Crippen molar-refractivity contribution < 1.29 is 0 Å². The number of aryl methyl sites for hydroxylation is 2. The normalized spacial score (nSPS) is 18.7. The Morgan fingerprint density at radius 1 is 1.04 bits per heavy atom. The zero-order valence-electron chi connectivity index (χ0n) is 14.5. The SMILES string of the molecule is CN1CCCN(c2nc(-c3cccs3)nc3sc4c(c23)CCC4)CC1. The fourth-order valence-corrected chi connectivity index (χ4v) is 5.89. The van der Waals surface area contributed by atoms with E-state index in [-0.39, 0.29) is 0 Å². The molecule has 1 saturated heterocycles. The Morgan fingerprint density at radius 3 is 2.88 bits per heavy atom. The predicted molar refractivity (Wildman–Crippen MR) is 107 cm³/mol. The highest BCUT2D eigenvalue weighted by Crippen LogP contribution is 2.42. The second-order valence-corrected chi connectivity index (χ2v) is 9.06. The topological polar surface area (TPSA) is 32.3 Å². The number of thiophene rings is 2. The van der Waals surface area contributed by atoms with Gasteiger partial charge in [0.05, 0.1) is 10.3 Å². The Labute approximate surface area is 156 Å². The summed E-state index contributed by atoms with van der Waals surface area (Å²) >= 11 is 3.63. The van der Waals surface area contributed by atoms with Crippen LogP contribution in [0.1, 0.15) is 23.3 Å². The van der Waals surface area contributed by atoms with Crippen LogP contribution < -0.4 is 4.90 Å². The van der Waals surface area contributed by atoms with Crippen molar-refractivity contribution in [2.24, 2.45) is 0 Å². The Bertz CT molecular complexity index is 900. The minimum absolute atomic E-state index is 0.898. The maximum Gasteiger partial charge on any atom is 0.173 e. The van der Waals surface area contributed by atoms with E-state index in [1.54, 1.807) is 16.2 Å². The van der Waals surface area contributed by atoms with E-state index in [9.17, 15) is 0 Å². The van der Waals surface area contributed by atoms with Crippen molar-refractivity contribution in [3.05, 3.63) is 28.0 Å². The first-order valence-corrected chi connectivity index (χ1v) is 10.8. The highest BCUT2D eigenvalue weighted by atomic mass is 32.1. The minimum Gasteiger partial charge on any atom is -0.355 e. The van der Waals surface area contributed by atoms with E-state index >= 15 is 0 Å². The summed E-state index contributed by atoms with van der Waals surface area (Å²) < 4.78 is 0. The predicted octanol–water partition coefficient (Wildman–Crippen LogP) is 4.05. The highest BCUT2D eigenvalue weighted by Gasteiger charge is 2.26. The van der Waals surface area contributed by atoms with E-state index in [0.29, 0.717) is 0 Å². The molecule has 5 rings (SSSR count).